The minimum Gasteiger partial charge on any atom is -0.334 e. The summed E-state index contributed by atoms with van der Waals surface area (Å²) in [6.45, 7) is 3.22. The highest BCUT2D eigenvalue weighted by Gasteiger charge is 2.29. The van der Waals surface area contributed by atoms with Crippen molar-refractivity contribution in [1.29, 1.82) is 0 Å². The number of nitrogens with two attached hydrogens (primary N) is 1. The zero-order valence-corrected chi connectivity index (χ0v) is 8.40. The molecule has 0 atom stereocenters. The van der Waals surface area contributed by atoms with Crippen LogP contribution in [0.3, 0.4) is 0 Å². The number of hydrogen-bond acceptors (Lipinski definition) is 3. The number of amides is 1. The average molecular weight is 194 g/mol. The van der Waals surface area contributed by atoms with Gasteiger partial charge in [-0.05, 0) is 13.0 Å². The third kappa shape index (κ3) is 1.39. The molecule has 1 aromatic heterocycles. The normalized spacial score (nSPS) is 16.9. The molecule has 0 saturated carbocycles. The maximum absolute atomic E-state index is 11.7. The third-order valence-electron chi connectivity index (χ3n) is 2.53. The summed E-state index contributed by atoms with van der Waals surface area (Å²) in [5, 5.41) is 4.12. The van der Waals surface area contributed by atoms with E-state index in [1.807, 2.05) is 14.0 Å². The van der Waals surface area contributed by atoms with Gasteiger partial charge < -0.3 is 10.6 Å². The Hall–Kier alpha value is -1.36. The van der Waals surface area contributed by atoms with Gasteiger partial charge in [0.15, 0.2) is 5.69 Å². The van der Waals surface area contributed by atoms with Crippen LogP contribution in [0.4, 0.5) is 0 Å². The second-order valence-electron chi connectivity index (χ2n) is 3.76. The molecule has 1 aliphatic heterocycles. The van der Waals surface area contributed by atoms with Gasteiger partial charge in [-0.15, -0.1) is 0 Å². The standard InChI is InChI=1S/C9H14N4O/c1-6-3-8(11-12(6)2)9(14)13-4-7(10)5-13/h3,7H,4-5,10H2,1-2H3. The zero-order valence-electron chi connectivity index (χ0n) is 8.40. The number of carbonyl (C=O) groups is 1. The van der Waals surface area contributed by atoms with Gasteiger partial charge in [-0.2, -0.15) is 5.10 Å². The summed E-state index contributed by atoms with van der Waals surface area (Å²) in [5.41, 5.74) is 7.10. The summed E-state index contributed by atoms with van der Waals surface area (Å²) in [5.74, 6) is -0.0181. The first-order chi connectivity index (χ1) is 6.58. The average Bonchev–Trinajstić information content (AvgIpc) is 2.41. The molecule has 0 aromatic carbocycles. The van der Waals surface area contributed by atoms with Crippen molar-refractivity contribution in [3.8, 4) is 0 Å². The van der Waals surface area contributed by atoms with Gasteiger partial charge in [0.05, 0.1) is 0 Å². The molecule has 1 amide bonds. The van der Waals surface area contributed by atoms with E-state index in [0.29, 0.717) is 18.8 Å². The lowest BCUT2D eigenvalue weighted by molar-refractivity contribution is 0.0601. The van der Waals surface area contributed by atoms with Crippen LogP contribution < -0.4 is 5.73 Å². The highest BCUT2D eigenvalue weighted by molar-refractivity contribution is 5.93. The van der Waals surface area contributed by atoms with Crippen LogP contribution in [0.15, 0.2) is 6.07 Å². The Bertz CT molecular complexity index is 345. The summed E-state index contributed by atoms with van der Waals surface area (Å²) >= 11 is 0. The van der Waals surface area contributed by atoms with Gasteiger partial charge in [-0.3, -0.25) is 9.48 Å². The van der Waals surface area contributed by atoms with Crippen molar-refractivity contribution >= 4 is 5.91 Å². The van der Waals surface area contributed by atoms with Crippen LogP contribution in [0.25, 0.3) is 0 Å². The molecule has 0 spiro atoms. The van der Waals surface area contributed by atoms with E-state index in [9.17, 15) is 4.79 Å². The lowest BCUT2D eigenvalue weighted by atomic mass is 10.1. The summed E-state index contributed by atoms with van der Waals surface area (Å²) in [4.78, 5) is 13.4. The molecule has 1 aliphatic rings. The first-order valence-corrected chi connectivity index (χ1v) is 4.63. The minimum absolute atomic E-state index is 0.0181. The van der Waals surface area contributed by atoms with Crippen LogP contribution in [0, 0.1) is 6.92 Å². The van der Waals surface area contributed by atoms with Crippen molar-refractivity contribution in [2.75, 3.05) is 13.1 Å². The Morgan fingerprint density at radius 1 is 1.64 bits per heavy atom. The van der Waals surface area contributed by atoms with Crippen molar-refractivity contribution in [2.45, 2.75) is 13.0 Å². The summed E-state index contributed by atoms with van der Waals surface area (Å²) in [6, 6.07) is 1.94. The highest BCUT2D eigenvalue weighted by atomic mass is 16.2. The first kappa shape index (κ1) is 9.21. The number of aryl methyl sites for hydroxylation is 2. The van der Waals surface area contributed by atoms with Crippen molar-refractivity contribution < 1.29 is 4.79 Å². The Labute approximate surface area is 82.5 Å². The lowest BCUT2D eigenvalue weighted by Gasteiger charge is -2.36. The van der Waals surface area contributed by atoms with Crippen LogP contribution in [0.2, 0.25) is 0 Å². The molecule has 2 rings (SSSR count). The van der Waals surface area contributed by atoms with E-state index in [2.05, 4.69) is 5.10 Å². The zero-order chi connectivity index (χ0) is 10.3. The molecule has 1 saturated heterocycles. The molecule has 5 nitrogen and oxygen atoms in total. The van der Waals surface area contributed by atoms with Gasteiger partial charge in [-0.25, -0.2) is 0 Å². The van der Waals surface area contributed by atoms with E-state index >= 15 is 0 Å². The van der Waals surface area contributed by atoms with Crippen molar-refractivity contribution in [3.05, 3.63) is 17.5 Å². The third-order valence-corrected chi connectivity index (χ3v) is 2.53. The fourth-order valence-electron chi connectivity index (χ4n) is 1.51. The van der Waals surface area contributed by atoms with Crippen LogP contribution in [0.5, 0.6) is 0 Å². The fraction of sp³-hybridized carbons (Fsp3) is 0.556. The highest BCUT2D eigenvalue weighted by Crippen LogP contribution is 2.11. The smallest absolute Gasteiger partial charge is 0.274 e. The molecule has 5 heteroatoms. The lowest BCUT2D eigenvalue weighted by Crippen LogP contribution is -2.57. The molecule has 0 unspecified atom stereocenters. The van der Waals surface area contributed by atoms with Crippen molar-refractivity contribution in [2.24, 2.45) is 12.8 Å². The molecule has 0 radical (unpaired) electrons. The molecular formula is C9H14N4O. The van der Waals surface area contributed by atoms with Crippen LogP contribution in [-0.4, -0.2) is 39.7 Å². The van der Waals surface area contributed by atoms with Gasteiger partial charge in [0.2, 0.25) is 0 Å². The number of hydrogen-bond donors (Lipinski definition) is 1. The van der Waals surface area contributed by atoms with Crippen LogP contribution >= 0.6 is 0 Å². The Kier molecular flexibility index (Phi) is 2.03. The van der Waals surface area contributed by atoms with Gasteiger partial charge in [0, 0.05) is 31.9 Å². The fourth-order valence-corrected chi connectivity index (χ4v) is 1.51. The number of rotatable bonds is 1. The predicted molar refractivity (Wildman–Crippen MR) is 51.8 cm³/mol. The quantitative estimate of drug-likeness (QED) is 0.656. The molecule has 76 valence electrons. The van der Waals surface area contributed by atoms with E-state index < -0.39 is 0 Å². The second kappa shape index (κ2) is 3.09. The number of likely N-dealkylation sites (tertiary alicyclic amines) is 1. The molecule has 14 heavy (non-hydrogen) atoms. The molecular weight excluding hydrogens is 180 g/mol. The van der Waals surface area contributed by atoms with Crippen LogP contribution in [-0.2, 0) is 7.05 Å². The SMILES string of the molecule is Cc1cc(C(=O)N2CC(N)C2)nn1C. The molecule has 0 aliphatic carbocycles. The van der Waals surface area contributed by atoms with E-state index in [0.717, 1.165) is 5.69 Å². The molecule has 2 heterocycles. The topological polar surface area (TPSA) is 64.2 Å². The van der Waals surface area contributed by atoms with Crippen molar-refractivity contribution in [1.82, 2.24) is 14.7 Å². The van der Waals surface area contributed by atoms with Crippen LogP contribution in [0.1, 0.15) is 16.2 Å². The first-order valence-electron chi connectivity index (χ1n) is 4.63. The largest absolute Gasteiger partial charge is 0.334 e. The summed E-state index contributed by atoms with van der Waals surface area (Å²) in [7, 11) is 1.83. The van der Waals surface area contributed by atoms with Gasteiger partial charge >= 0.3 is 0 Å². The Balaban J connectivity index is 2.12. The second-order valence-corrected chi connectivity index (χ2v) is 3.76. The molecule has 1 fully saturated rings. The Morgan fingerprint density at radius 3 is 2.71 bits per heavy atom. The van der Waals surface area contributed by atoms with E-state index in [-0.39, 0.29) is 11.9 Å². The van der Waals surface area contributed by atoms with E-state index in [1.165, 1.54) is 0 Å². The molecule has 1 aromatic rings. The van der Waals surface area contributed by atoms with E-state index in [1.54, 1.807) is 15.6 Å². The minimum atomic E-state index is -0.0181. The molecule has 0 bridgehead atoms. The van der Waals surface area contributed by atoms with E-state index in [4.69, 9.17) is 5.73 Å². The van der Waals surface area contributed by atoms with Gasteiger partial charge in [0.1, 0.15) is 0 Å². The Morgan fingerprint density at radius 2 is 2.29 bits per heavy atom. The number of carbonyl (C=O) groups excluding carboxylic acids is 1. The summed E-state index contributed by atoms with van der Waals surface area (Å²) < 4.78 is 1.70. The van der Waals surface area contributed by atoms with Gasteiger partial charge in [0.25, 0.3) is 5.91 Å². The maximum Gasteiger partial charge on any atom is 0.274 e. The monoisotopic (exact) mass is 194 g/mol. The molecule has 2 N–H and O–H groups in total. The number of aromatic nitrogens is 2. The predicted octanol–water partition coefficient (Wildman–Crippen LogP) is -0.488. The number of nitrogens with zero attached hydrogens (tertiary/aromatic N) is 3. The van der Waals surface area contributed by atoms with Gasteiger partial charge in [-0.1, -0.05) is 0 Å². The maximum atomic E-state index is 11.7. The summed E-state index contributed by atoms with van der Waals surface area (Å²) in [6.07, 6.45) is 0. The van der Waals surface area contributed by atoms with Crippen molar-refractivity contribution in [3.63, 3.8) is 0 Å².